The van der Waals surface area contributed by atoms with E-state index in [0.717, 1.165) is 32.4 Å². The van der Waals surface area contributed by atoms with E-state index in [-0.39, 0.29) is 11.8 Å². The Kier molecular flexibility index (Phi) is 4.56. The van der Waals surface area contributed by atoms with Crippen LogP contribution in [-0.4, -0.2) is 64.8 Å². The molecular formula is C16H23N5O2. The maximum atomic E-state index is 12.9. The molecule has 1 atom stereocenters. The van der Waals surface area contributed by atoms with Crippen LogP contribution >= 0.6 is 0 Å². The lowest BCUT2D eigenvalue weighted by atomic mass is 9.90. The second kappa shape index (κ2) is 6.62. The first-order valence-corrected chi connectivity index (χ1v) is 8.20. The number of likely N-dealkylation sites (tertiary alicyclic amines) is 2. The summed E-state index contributed by atoms with van der Waals surface area (Å²) in [4.78, 5) is 37.9. The maximum Gasteiger partial charge on any atom is 0.252 e. The molecule has 1 N–H and O–H groups in total. The molecule has 2 saturated heterocycles. The van der Waals surface area contributed by atoms with Gasteiger partial charge in [0, 0.05) is 26.0 Å². The number of aromatic nitrogens is 2. The van der Waals surface area contributed by atoms with Crippen LogP contribution in [0, 0.1) is 0 Å². The molecule has 0 bridgehead atoms. The normalized spacial score (nSPS) is 24.8. The van der Waals surface area contributed by atoms with Crippen LogP contribution in [0.25, 0.3) is 0 Å². The SMILES string of the molecule is CNC(=O)C1(c2cnccn2)CCCN1C(=O)CN1CCCC1. The average molecular weight is 317 g/mol. The minimum absolute atomic E-state index is 0.00125. The Hall–Kier alpha value is -2.02. The summed E-state index contributed by atoms with van der Waals surface area (Å²) in [5.41, 5.74) is -0.480. The molecule has 3 rings (SSSR count). The van der Waals surface area contributed by atoms with Crippen LogP contribution in [0.2, 0.25) is 0 Å². The van der Waals surface area contributed by atoms with E-state index in [2.05, 4.69) is 20.2 Å². The van der Waals surface area contributed by atoms with Gasteiger partial charge in [-0.05, 0) is 38.8 Å². The molecule has 1 unspecified atom stereocenters. The van der Waals surface area contributed by atoms with Crippen LogP contribution in [0.3, 0.4) is 0 Å². The minimum atomic E-state index is -1.03. The van der Waals surface area contributed by atoms with Crippen molar-refractivity contribution < 1.29 is 9.59 Å². The van der Waals surface area contributed by atoms with Crippen molar-refractivity contribution in [2.45, 2.75) is 31.2 Å². The number of amides is 2. The predicted octanol–water partition coefficient (Wildman–Crippen LogP) is 0.136. The number of rotatable bonds is 4. The van der Waals surface area contributed by atoms with Crippen LogP contribution in [0.4, 0.5) is 0 Å². The summed E-state index contributed by atoms with van der Waals surface area (Å²) in [6, 6.07) is 0. The van der Waals surface area contributed by atoms with Crippen LogP contribution in [0.15, 0.2) is 18.6 Å². The monoisotopic (exact) mass is 317 g/mol. The van der Waals surface area contributed by atoms with Gasteiger partial charge in [-0.2, -0.15) is 0 Å². The van der Waals surface area contributed by atoms with Gasteiger partial charge in [0.25, 0.3) is 5.91 Å². The van der Waals surface area contributed by atoms with Crippen molar-refractivity contribution in [2.24, 2.45) is 0 Å². The van der Waals surface area contributed by atoms with Crippen LogP contribution in [0.5, 0.6) is 0 Å². The number of hydrogen-bond donors (Lipinski definition) is 1. The topological polar surface area (TPSA) is 78.4 Å². The summed E-state index contributed by atoms with van der Waals surface area (Å²) >= 11 is 0. The Morgan fingerprint density at radius 1 is 1.22 bits per heavy atom. The van der Waals surface area contributed by atoms with E-state index >= 15 is 0 Å². The van der Waals surface area contributed by atoms with Gasteiger partial charge in [-0.25, -0.2) is 0 Å². The van der Waals surface area contributed by atoms with Gasteiger partial charge < -0.3 is 10.2 Å². The Balaban J connectivity index is 1.90. The zero-order valence-electron chi connectivity index (χ0n) is 13.5. The molecule has 0 spiro atoms. The van der Waals surface area contributed by atoms with Crippen molar-refractivity contribution in [3.63, 3.8) is 0 Å². The van der Waals surface area contributed by atoms with Crippen LogP contribution < -0.4 is 5.32 Å². The molecule has 0 radical (unpaired) electrons. The Morgan fingerprint density at radius 3 is 2.65 bits per heavy atom. The van der Waals surface area contributed by atoms with Crippen LogP contribution in [0.1, 0.15) is 31.4 Å². The predicted molar refractivity (Wildman–Crippen MR) is 84.4 cm³/mol. The van der Waals surface area contributed by atoms with Gasteiger partial charge in [0.15, 0.2) is 5.54 Å². The van der Waals surface area contributed by atoms with Gasteiger partial charge in [-0.15, -0.1) is 0 Å². The average Bonchev–Trinajstić information content (AvgIpc) is 3.24. The number of nitrogens with zero attached hydrogens (tertiary/aromatic N) is 4. The molecule has 7 heteroatoms. The highest BCUT2D eigenvalue weighted by atomic mass is 16.2. The molecule has 2 amide bonds. The lowest BCUT2D eigenvalue weighted by molar-refractivity contribution is -0.146. The first-order valence-electron chi connectivity index (χ1n) is 8.20. The maximum absolute atomic E-state index is 12.9. The third kappa shape index (κ3) is 2.81. The molecule has 1 aromatic heterocycles. The molecule has 3 heterocycles. The fourth-order valence-corrected chi connectivity index (χ4v) is 3.71. The second-order valence-electron chi connectivity index (χ2n) is 6.16. The first-order chi connectivity index (χ1) is 11.2. The molecule has 124 valence electrons. The van der Waals surface area contributed by atoms with Crippen molar-refractivity contribution in [2.75, 3.05) is 33.2 Å². The zero-order valence-corrected chi connectivity index (χ0v) is 13.5. The quantitative estimate of drug-likeness (QED) is 0.854. The lowest BCUT2D eigenvalue weighted by Gasteiger charge is -2.36. The number of hydrogen-bond acceptors (Lipinski definition) is 5. The van der Waals surface area contributed by atoms with Crippen molar-refractivity contribution in [3.05, 3.63) is 24.3 Å². The van der Waals surface area contributed by atoms with E-state index in [1.165, 1.54) is 0 Å². The second-order valence-corrected chi connectivity index (χ2v) is 6.16. The molecule has 0 aromatic carbocycles. The summed E-state index contributed by atoms with van der Waals surface area (Å²) in [6.07, 6.45) is 8.38. The molecule has 7 nitrogen and oxygen atoms in total. The van der Waals surface area contributed by atoms with E-state index in [1.807, 2.05) is 0 Å². The summed E-state index contributed by atoms with van der Waals surface area (Å²) < 4.78 is 0. The summed E-state index contributed by atoms with van der Waals surface area (Å²) in [6.45, 7) is 2.87. The van der Waals surface area contributed by atoms with Gasteiger partial charge in [-0.3, -0.25) is 24.5 Å². The Labute approximate surface area is 136 Å². The summed E-state index contributed by atoms with van der Waals surface area (Å²) in [5.74, 6) is -0.191. The fourth-order valence-electron chi connectivity index (χ4n) is 3.71. The van der Waals surface area contributed by atoms with Crippen molar-refractivity contribution >= 4 is 11.8 Å². The Morgan fingerprint density at radius 2 is 2.00 bits per heavy atom. The Bertz CT molecular complexity index is 573. The zero-order chi connectivity index (χ0) is 16.3. The van der Waals surface area contributed by atoms with E-state index in [4.69, 9.17) is 0 Å². The third-order valence-corrected chi connectivity index (χ3v) is 4.83. The van der Waals surface area contributed by atoms with Gasteiger partial charge in [0.05, 0.1) is 18.4 Å². The lowest BCUT2D eigenvalue weighted by Crippen LogP contribution is -2.56. The summed E-state index contributed by atoms with van der Waals surface area (Å²) in [7, 11) is 1.60. The van der Waals surface area contributed by atoms with Gasteiger partial charge in [-0.1, -0.05) is 0 Å². The highest BCUT2D eigenvalue weighted by molar-refractivity contribution is 5.93. The molecule has 1 aromatic rings. The van der Waals surface area contributed by atoms with Crippen molar-refractivity contribution in [3.8, 4) is 0 Å². The van der Waals surface area contributed by atoms with E-state index in [0.29, 0.717) is 25.2 Å². The molecular weight excluding hydrogens is 294 g/mol. The smallest absolute Gasteiger partial charge is 0.252 e. The first kappa shape index (κ1) is 15.9. The standard InChI is InChI=1S/C16H23N5O2/c1-17-15(23)16(13-11-18-6-7-19-13)5-4-10-21(16)14(22)12-20-8-2-3-9-20/h6-7,11H,2-5,8-10,12H2,1H3,(H,17,23). The molecule has 2 fully saturated rings. The highest BCUT2D eigenvalue weighted by Gasteiger charge is 2.52. The van der Waals surface area contributed by atoms with E-state index < -0.39 is 5.54 Å². The van der Waals surface area contributed by atoms with Gasteiger partial charge in [0.1, 0.15) is 0 Å². The highest BCUT2D eigenvalue weighted by Crippen LogP contribution is 2.38. The van der Waals surface area contributed by atoms with Gasteiger partial charge in [0.2, 0.25) is 5.91 Å². The van der Waals surface area contributed by atoms with Gasteiger partial charge >= 0.3 is 0 Å². The van der Waals surface area contributed by atoms with Crippen molar-refractivity contribution in [1.82, 2.24) is 25.1 Å². The summed E-state index contributed by atoms with van der Waals surface area (Å²) in [5, 5.41) is 2.71. The molecule has 2 aliphatic rings. The largest absolute Gasteiger partial charge is 0.357 e. The fraction of sp³-hybridized carbons (Fsp3) is 0.625. The van der Waals surface area contributed by atoms with E-state index in [9.17, 15) is 9.59 Å². The number of carbonyl (C=O) groups is 2. The minimum Gasteiger partial charge on any atom is -0.357 e. The third-order valence-electron chi connectivity index (χ3n) is 4.83. The number of likely N-dealkylation sites (N-methyl/N-ethyl adjacent to an activating group) is 1. The molecule has 0 aliphatic carbocycles. The van der Waals surface area contributed by atoms with Crippen molar-refractivity contribution in [1.29, 1.82) is 0 Å². The van der Waals surface area contributed by atoms with E-state index in [1.54, 1.807) is 30.5 Å². The van der Waals surface area contributed by atoms with Crippen LogP contribution in [-0.2, 0) is 15.1 Å². The molecule has 2 aliphatic heterocycles. The number of nitrogens with one attached hydrogen (secondary N) is 1. The number of carbonyl (C=O) groups excluding carboxylic acids is 2. The molecule has 0 saturated carbocycles. The molecule has 23 heavy (non-hydrogen) atoms.